The summed E-state index contributed by atoms with van der Waals surface area (Å²) in [7, 11) is 0. The minimum Gasteiger partial charge on any atom is -0.0843 e. The van der Waals surface area contributed by atoms with Crippen molar-refractivity contribution >= 4 is 11.6 Å². The van der Waals surface area contributed by atoms with Gasteiger partial charge in [0.15, 0.2) is 0 Å². The van der Waals surface area contributed by atoms with Crippen LogP contribution in [0, 0.1) is 6.92 Å². The summed E-state index contributed by atoms with van der Waals surface area (Å²) in [5.41, 5.74) is 1.42. The minimum absolute atomic E-state index is 0.841. The summed E-state index contributed by atoms with van der Waals surface area (Å²) in [4.78, 5) is 0. The Hall–Kier alpha value is -0.490. The van der Waals surface area contributed by atoms with Gasteiger partial charge in [0.05, 0.1) is 0 Å². The Kier molecular flexibility index (Phi) is 15.3. The largest absolute Gasteiger partial charge is 0.0843 e. The maximum Gasteiger partial charge on any atom is 0.0406 e. The fourth-order valence-electron chi connectivity index (χ4n) is 3.46. The Morgan fingerprint density at radius 1 is 0.520 bits per heavy atom. The summed E-state index contributed by atoms with van der Waals surface area (Å²) in [6.07, 6.45) is 23.5. The minimum atomic E-state index is 0.841. The van der Waals surface area contributed by atoms with E-state index in [2.05, 4.69) is 19.1 Å². The molecule has 0 aliphatic carbocycles. The van der Waals surface area contributed by atoms with Crippen molar-refractivity contribution in [2.75, 3.05) is 0 Å². The maximum absolute atomic E-state index is 5.91. The second-order valence-corrected chi connectivity index (χ2v) is 7.97. The van der Waals surface area contributed by atoms with Crippen LogP contribution in [0.5, 0.6) is 0 Å². The van der Waals surface area contributed by atoms with Crippen LogP contribution in [0.2, 0.25) is 5.02 Å². The molecular weight excluding hydrogens is 324 g/mol. The lowest BCUT2D eigenvalue weighted by atomic mass is 10.0. The van der Waals surface area contributed by atoms with Crippen LogP contribution in [0.25, 0.3) is 0 Å². The first-order valence-corrected chi connectivity index (χ1v) is 11.2. The molecule has 143 valence electrons. The van der Waals surface area contributed by atoms with E-state index in [1.165, 1.54) is 108 Å². The van der Waals surface area contributed by atoms with Gasteiger partial charge in [0.1, 0.15) is 0 Å². The van der Waals surface area contributed by atoms with E-state index in [0.717, 1.165) is 11.4 Å². The maximum atomic E-state index is 5.91. The molecule has 0 bridgehead atoms. The molecule has 0 saturated heterocycles. The number of hydrogen-bond acceptors (Lipinski definition) is 0. The zero-order valence-corrected chi connectivity index (χ0v) is 17.2. The topological polar surface area (TPSA) is 0 Å². The first kappa shape index (κ1) is 22.6. The van der Waals surface area contributed by atoms with Gasteiger partial charge >= 0.3 is 0 Å². The van der Waals surface area contributed by atoms with Crippen molar-refractivity contribution in [2.45, 2.75) is 109 Å². The van der Waals surface area contributed by atoms with E-state index in [0.29, 0.717) is 0 Å². The van der Waals surface area contributed by atoms with Gasteiger partial charge in [0, 0.05) is 5.02 Å². The van der Waals surface area contributed by atoms with Crippen LogP contribution < -0.4 is 0 Å². The molecule has 0 nitrogen and oxygen atoms in total. The summed E-state index contributed by atoms with van der Waals surface area (Å²) in [5, 5.41) is 0.841. The van der Waals surface area contributed by atoms with E-state index >= 15 is 0 Å². The zero-order valence-electron chi connectivity index (χ0n) is 16.4. The van der Waals surface area contributed by atoms with E-state index < -0.39 is 0 Å². The lowest BCUT2D eigenvalue weighted by Crippen LogP contribution is -1.86. The SMILES string of the molecule is [CH2]CCCCCCCCCCCCCCCCCc1ccc(Cl)cc1. The van der Waals surface area contributed by atoms with Gasteiger partial charge in [-0.15, -0.1) is 0 Å². The van der Waals surface area contributed by atoms with Gasteiger partial charge in [-0.05, 0) is 30.5 Å². The summed E-state index contributed by atoms with van der Waals surface area (Å²) in [6.45, 7) is 3.90. The van der Waals surface area contributed by atoms with Crippen LogP contribution >= 0.6 is 11.6 Å². The molecule has 1 aromatic rings. The lowest BCUT2D eigenvalue weighted by Gasteiger charge is -2.04. The standard InChI is InChI=1S/C24H40Cl/c1-2-3-4-5-6-7-8-9-10-11-12-13-14-15-16-17-18-23-19-21-24(25)22-20-23/h19-22H,1-18H2. The first-order valence-electron chi connectivity index (χ1n) is 10.9. The normalized spacial score (nSPS) is 11.1. The van der Waals surface area contributed by atoms with Crippen LogP contribution in [0.1, 0.15) is 108 Å². The third-order valence-electron chi connectivity index (χ3n) is 5.13. The Morgan fingerprint density at radius 3 is 1.28 bits per heavy atom. The van der Waals surface area contributed by atoms with Crippen molar-refractivity contribution in [3.63, 3.8) is 0 Å². The van der Waals surface area contributed by atoms with E-state index in [4.69, 9.17) is 11.6 Å². The van der Waals surface area contributed by atoms with Crippen LogP contribution in [-0.2, 0) is 6.42 Å². The van der Waals surface area contributed by atoms with Crippen LogP contribution in [0.15, 0.2) is 24.3 Å². The fourth-order valence-corrected chi connectivity index (χ4v) is 3.58. The van der Waals surface area contributed by atoms with Gasteiger partial charge < -0.3 is 0 Å². The molecule has 0 aliphatic heterocycles. The Bertz CT molecular complexity index is 382. The van der Waals surface area contributed by atoms with Crippen molar-refractivity contribution in [1.29, 1.82) is 0 Å². The molecule has 1 heteroatoms. The fraction of sp³-hybridized carbons (Fsp3) is 0.708. The molecule has 1 aromatic carbocycles. The summed E-state index contributed by atoms with van der Waals surface area (Å²) in [6, 6.07) is 8.32. The monoisotopic (exact) mass is 363 g/mol. The molecular formula is C24H40Cl. The predicted molar refractivity (Wildman–Crippen MR) is 114 cm³/mol. The van der Waals surface area contributed by atoms with Gasteiger partial charge in [-0.1, -0.05) is 127 Å². The molecule has 0 unspecified atom stereocenters. The highest BCUT2D eigenvalue weighted by Crippen LogP contribution is 2.15. The van der Waals surface area contributed by atoms with E-state index in [1.807, 2.05) is 12.1 Å². The first-order chi connectivity index (χ1) is 12.3. The Labute approximate surface area is 162 Å². The van der Waals surface area contributed by atoms with Gasteiger partial charge in [-0.3, -0.25) is 0 Å². The second kappa shape index (κ2) is 17.0. The highest BCUT2D eigenvalue weighted by atomic mass is 35.5. The average Bonchev–Trinajstić information content (AvgIpc) is 2.63. The average molecular weight is 364 g/mol. The summed E-state index contributed by atoms with van der Waals surface area (Å²) >= 11 is 5.91. The van der Waals surface area contributed by atoms with Gasteiger partial charge in [0.2, 0.25) is 0 Å². The molecule has 0 aliphatic rings. The molecule has 1 rings (SSSR count). The molecule has 0 spiro atoms. The molecule has 0 amide bonds. The zero-order chi connectivity index (χ0) is 18.0. The lowest BCUT2D eigenvalue weighted by molar-refractivity contribution is 0.530. The molecule has 25 heavy (non-hydrogen) atoms. The Morgan fingerprint density at radius 2 is 0.880 bits per heavy atom. The van der Waals surface area contributed by atoms with Gasteiger partial charge in [-0.2, -0.15) is 0 Å². The van der Waals surface area contributed by atoms with Gasteiger partial charge in [0.25, 0.3) is 0 Å². The molecule has 0 atom stereocenters. The number of hydrogen-bond donors (Lipinski definition) is 0. The van der Waals surface area contributed by atoms with Gasteiger partial charge in [-0.25, -0.2) is 0 Å². The highest BCUT2D eigenvalue weighted by molar-refractivity contribution is 6.30. The third kappa shape index (κ3) is 14.4. The predicted octanol–water partition coefficient (Wildman–Crippen LogP) is 8.96. The summed E-state index contributed by atoms with van der Waals surface area (Å²) < 4.78 is 0. The van der Waals surface area contributed by atoms with Crippen LogP contribution in [0.4, 0.5) is 0 Å². The molecule has 0 heterocycles. The van der Waals surface area contributed by atoms with Crippen molar-refractivity contribution in [3.8, 4) is 0 Å². The van der Waals surface area contributed by atoms with Crippen molar-refractivity contribution in [1.82, 2.24) is 0 Å². The molecule has 1 radical (unpaired) electrons. The number of rotatable bonds is 17. The van der Waals surface area contributed by atoms with Crippen molar-refractivity contribution in [3.05, 3.63) is 41.8 Å². The number of unbranched alkanes of at least 4 members (excludes halogenated alkanes) is 15. The molecule has 0 saturated carbocycles. The van der Waals surface area contributed by atoms with E-state index in [1.54, 1.807) is 0 Å². The number of benzene rings is 1. The highest BCUT2D eigenvalue weighted by Gasteiger charge is 1.96. The Balaban J connectivity index is 1.74. The number of aryl methyl sites for hydroxylation is 1. The van der Waals surface area contributed by atoms with Crippen LogP contribution in [-0.4, -0.2) is 0 Å². The van der Waals surface area contributed by atoms with Crippen molar-refractivity contribution in [2.24, 2.45) is 0 Å². The second-order valence-electron chi connectivity index (χ2n) is 7.53. The number of halogens is 1. The molecule has 0 fully saturated rings. The quantitative estimate of drug-likeness (QED) is 0.242. The molecule has 0 N–H and O–H groups in total. The van der Waals surface area contributed by atoms with Crippen molar-refractivity contribution < 1.29 is 0 Å². The molecule has 0 aromatic heterocycles. The van der Waals surface area contributed by atoms with E-state index in [9.17, 15) is 0 Å². The summed E-state index contributed by atoms with van der Waals surface area (Å²) in [5.74, 6) is 0. The smallest absolute Gasteiger partial charge is 0.0406 e. The van der Waals surface area contributed by atoms with E-state index in [-0.39, 0.29) is 0 Å². The third-order valence-corrected chi connectivity index (χ3v) is 5.38. The van der Waals surface area contributed by atoms with Crippen LogP contribution in [0.3, 0.4) is 0 Å².